The lowest BCUT2D eigenvalue weighted by atomic mass is 9.74. The van der Waals surface area contributed by atoms with Crippen molar-refractivity contribution in [3.05, 3.63) is 62.6 Å². The Morgan fingerprint density at radius 3 is 2.72 bits per heavy atom. The van der Waals surface area contributed by atoms with Crippen molar-refractivity contribution in [2.45, 2.75) is 39.4 Å². The molecule has 1 heterocycles. The minimum atomic E-state index is -0.151. The van der Waals surface area contributed by atoms with Crippen LogP contribution in [-0.2, 0) is 22.6 Å². The summed E-state index contributed by atoms with van der Waals surface area (Å²) in [7, 11) is 4.03. The highest BCUT2D eigenvalue weighted by molar-refractivity contribution is 9.10. The number of benzene rings is 2. The lowest BCUT2D eigenvalue weighted by molar-refractivity contribution is -0.144. The van der Waals surface area contributed by atoms with E-state index in [1.54, 1.807) is 0 Å². The van der Waals surface area contributed by atoms with Gasteiger partial charge in [0.1, 0.15) is 18.5 Å². The van der Waals surface area contributed by atoms with Crippen LogP contribution in [0, 0.1) is 25.7 Å². The third-order valence-electron chi connectivity index (χ3n) is 6.29. The van der Waals surface area contributed by atoms with Gasteiger partial charge in [-0.2, -0.15) is 0 Å². The summed E-state index contributed by atoms with van der Waals surface area (Å²) in [5.41, 5.74) is 5.94. The Kier molecular flexibility index (Phi) is 5.71. The van der Waals surface area contributed by atoms with Crippen LogP contribution in [0.2, 0.25) is 0 Å². The molecule has 29 heavy (non-hydrogen) atoms. The number of hydrogen-bond acceptors (Lipinski definition) is 4. The summed E-state index contributed by atoms with van der Waals surface area (Å²) in [5, 5.41) is 0. The summed E-state index contributed by atoms with van der Waals surface area (Å²) < 4.78 is 13.2. The van der Waals surface area contributed by atoms with Crippen LogP contribution >= 0.6 is 15.9 Å². The van der Waals surface area contributed by atoms with E-state index in [1.807, 2.05) is 32.3 Å². The summed E-state index contributed by atoms with van der Waals surface area (Å²) >= 11 is 3.59. The number of aryl methyl sites for hydroxylation is 1. The van der Waals surface area contributed by atoms with Crippen LogP contribution < -0.4 is 4.74 Å². The van der Waals surface area contributed by atoms with E-state index in [2.05, 4.69) is 46.8 Å². The lowest BCUT2D eigenvalue weighted by Gasteiger charge is -2.32. The van der Waals surface area contributed by atoms with Crippen molar-refractivity contribution in [1.82, 2.24) is 4.90 Å². The molecule has 0 N–H and O–H groups in total. The molecule has 0 radical (unpaired) electrons. The highest BCUT2D eigenvalue weighted by Crippen LogP contribution is 2.50. The molecular formula is C24H28BrNO3. The molecule has 0 bridgehead atoms. The number of carbonyl (C=O) groups excluding carboxylic acids is 1. The number of carbonyl (C=O) groups is 1. The Labute approximate surface area is 181 Å². The zero-order valence-corrected chi connectivity index (χ0v) is 19.1. The fourth-order valence-corrected chi connectivity index (χ4v) is 5.23. The molecule has 2 aromatic carbocycles. The standard InChI is InChI=1S/C24H28BrNO3/c1-14-11-21(28-13-16-7-5-6-8-20(16)25)15(2)22-17(14)9-10-18-19(12-26(3)4)24(27)29-23(18)22/h5-8,11,18-19,23H,9-10,12-13H2,1-4H3/t18-,19?,23+/m0/s1. The SMILES string of the molecule is Cc1cc(OCc2ccccc2Br)c(C)c2c1CC[C@H]1C(CN(C)C)C(=O)O[C@@H]21. The molecular weight excluding hydrogens is 430 g/mol. The van der Waals surface area contributed by atoms with Gasteiger partial charge in [0.2, 0.25) is 0 Å². The van der Waals surface area contributed by atoms with Gasteiger partial charge >= 0.3 is 5.97 Å². The van der Waals surface area contributed by atoms with Crippen LogP contribution in [0.5, 0.6) is 5.75 Å². The largest absolute Gasteiger partial charge is 0.489 e. The van der Waals surface area contributed by atoms with E-state index in [1.165, 1.54) is 16.7 Å². The average Bonchev–Trinajstić information content (AvgIpc) is 2.99. The van der Waals surface area contributed by atoms with Crippen molar-refractivity contribution in [3.63, 3.8) is 0 Å². The first kappa shape index (κ1) is 20.4. The minimum absolute atomic E-state index is 0.0484. The van der Waals surface area contributed by atoms with Gasteiger partial charge in [0.15, 0.2) is 0 Å². The van der Waals surface area contributed by atoms with Crippen molar-refractivity contribution in [3.8, 4) is 5.75 Å². The van der Waals surface area contributed by atoms with Gasteiger partial charge in [-0.05, 0) is 69.6 Å². The first-order chi connectivity index (χ1) is 13.9. The molecule has 2 aromatic rings. The lowest BCUT2D eigenvalue weighted by Crippen LogP contribution is -2.31. The highest BCUT2D eigenvalue weighted by atomic mass is 79.9. The monoisotopic (exact) mass is 457 g/mol. The second-order valence-electron chi connectivity index (χ2n) is 8.52. The van der Waals surface area contributed by atoms with Gasteiger partial charge < -0.3 is 14.4 Å². The maximum atomic E-state index is 12.6. The number of hydrogen-bond donors (Lipinski definition) is 0. The highest BCUT2D eigenvalue weighted by Gasteiger charge is 2.48. The van der Waals surface area contributed by atoms with Crippen LogP contribution in [-0.4, -0.2) is 31.5 Å². The fourth-order valence-electron chi connectivity index (χ4n) is 4.83. The van der Waals surface area contributed by atoms with Crippen LogP contribution in [0.25, 0.3) is 0 Å². The molecule has 0 amide bonds. The quantitative estimate of drug-likeness (QED) is 0.593. The predicted molar refractivity (Wildman–Crippen MR) is 117 cm³/mol. The van der Waals surface area contributed by atoms with Crippen molar-refractivity contribution < 1.29 is 14.3 Å². The van der Waals surface area contributed by atoms with Gasteiger partial charge in [-0.25, -0.2) is 0 Å². The minimum Gasteiger partial charge on any atom is -0.489 e. The predicted octanol–water partition coefficient (Wildman–Crippen LogP) is 4.98. The number of rotatable bonds is 5. The van der Waals surface area contributed by atoms with Crippen molar-refractivity contribution in [1.29, 1.82) is 0 Å². The topological polar surface area (TPSA) is 38.8 Å². The smallest absolute Gasteiger partial charge is 0.311 e. The maximum absolute atomic E-state index is 12.6. The van der Waals surface area contributed by atoms with E-state index in [4.69, 9.17) is 9.47 Å². The normalized spacial score (nSPS) is 23.0. The van der Waals surface area contributed by atoms with Gasteiger partial charge in [-0.1, -0.05) is 34.1 Å². The summed E-state index contributed by atoms with van der Waals surface area (Å²) in [4.78, 5) is 14.7. The number of nitrogens with zero attached hydrogens (tertiary/aromatic N) is 1. The fraction of sp³-hybridized carbons (Fsp3) is 0.458. The molecule has 1 aliphatic heterocycles. The first-order valence-electron chi connectivity index (χ1n) is 10.2. The van der Waals surface area contributed by atoms with Crippen molar-refractivity contribution in [2.75, 3.05) is 20.6 Å². The number of halogens is 1. The molecule has 154 valence electrons. The van der Waals surface area contributed by atoms with E-state index in [9.17, 15) is 4.79 Å². The number of ether oxygens (including phenoxy) is 2. The Bertz CT molecular complexity index is 940. The van der Waals surface area contributed by atoms with Crippen LogP contribution in [0.4, 0.5) is 0 Å². The molecule has 0 aromatic heterocycles. The molecule has 4 rings (SSSR count). The summed E-state index contributed by atoms with van der Waals surface area (Å²) in [6.45, 7) is 5.48. The van der Waals surface area contributed by atoms with E-state index >= 15 is 0 Å². The second kappa shape index (κ2) is 8.11. The van der Waals surface area contributed by atoms with Gasteiger partial charge in [0.05, 0.1) is 5.92 Å². The van der Waals surface area contributed by atoms with Crippen LogP contribution in [0.1, 0.15) is 40.3 Å². The van der Waals surface area contributed by atoms with E-state index in [0.29, 0.717) is 6.61 Å². The average molecular weight is 458 g/mol. The molecule has 0 spiro atoms. The first-order valence-corrected chi connectivity index (χ1v) is 11.0. The molecule has 3 atom stereocenters. The van der Waals surface area contributed by atoms with Gasteiger partial charge in [-0.15, -0.1) is 0 Å². The van der Waals surface area contributed by atoms with Gasteiger partial charge in [-0.3, -0.25) is 4.79 Å². The number of fused-ring (bicyclic) bond motifs is 3. The second-order valence-corrected chi connectivity index (χ2v) is 9.37. The summed E-state index contributed by atoms with van der Waals surface area (Å²) in [6, 6.07) is 10.2. The zero-order valence-electron chi connectivity index (χ0n) is 17.5. The van der Waals surface area contributed by atoms with Crippen LogP contribution in [0.15, 0.2) is 34.8 Å². The Hall–Kier alpha value is -1.85. The summed E-state index contributed by atoms with van der Waals surface area (Å²) in [5.74, 6) is 1.02. The summed E-state index contributed by atoms with van der Waals surface area (Å²) in [6.07, 6.45) is 1.84. The van der Waals surface area contributed by atoms with Gasteiger partial charge in [0.25, 0.3) is 0 Å². The van der Waals surface area contributed by atoms with Crippen molar-refractivity contribution >= 4 is 21.9 Å². The molecule has 5 heteroatoms. The molecule has 1 aliphatic carbocycles. The zero-order chi connectivity index (χ0) is 20.7. The Morgan fingerprint density at radius 2 is 2.00 bits per heavy atom. The third kappa shape index (κ3) is 3.82. The maximum Gasteiger partial charge on any atom is 0.311 e. The van der Waals surface area contributed by atoms with Gasteiger partial charge in [0, 0.05) is 28.1 Å². The third-order valence-corrected chi connectivity index (χ3v) is 7.06. The molecule has 0 saturated carbocycles. The molecule has 4 nitrogen and oxygen atoms in total. The van der Waals surface area contributed by atoms with Crippen molar-refractivity contribution in [2.24, 2.45) is 11.8 Å². The molecule has 1 saturated heterocycles. The van der Waals surface area contributed by atoms with E-state index in [0.717, 1.165) is 40.7 Å². The molecule has 1 unspecified atom stereocenters. The van der Waals surface area contributed by atoms with E-state index < -0.39 is 0 Å². The molecule has 2 aliphatic rings. The van der Waals surface area contributed by atoms with E-state index in [-0.39, 0.29) is 23.9 Å². The number of esters is 1. The molecule has 1 fully saturated rings. The Morgan fingerprint density at radius 1 is 1.24 bits per heavy atom. The Balaban J connectivity index is 1.65. The van der Waals surface area contributed by atoms with Crippen LogP contribution in [0.3, 0.4) is 0 Å².